The highest BCUT2D eigenvalue weighted by Gasteiger charge is 2.55. The molecule has 0 saturated heterocycles. The quantitative estimate of drug-likeness (QED) is 0.771. The van der Waals surface area contributed by atoms with Gasteiger partial charge >= 0.3 is 0 Å². The van der Waals surface area contributed by atoms with E-state index in [9.17, 15) is 0 Å². The monoisotopic (exact) mass is 301 g/mol. The average Bonchev–Trinajstić information content (AvgIpc) is 3.09. The molecule has 4 heteroatoms. The van der Waals surface area contributed by atoms with Crippen LogP contribution in [-0.4, -0.2) is 26.8 Å². The van der Waals surface area contributed by atoms with Gasteiger partial charge in [-0.25, -0.2) is 0 Å². The maximum Gasteiger partial charge on any atom is 0.0587 e. The first-order chi connectivity index (χ1) is 9.15. The number of nitrogens with one attached hydrogen (secondary N) is 1. The highest BCUT2D eigenvalue weighted by Crippen LogP contribution is 2.58. The lowest BCUT2D eigenvalue weighted by Gasteiger charge is -2.21. The summed E-state index contributed by atoms with van der Waals surface area (Å²) < 4.78 is 5.07. The Labute approximate surface area is 125 Å². The molecule has 106 valence electrons. The minimum Gasteiger partial charge on any atom is -0.383 e. The molecule has 0 bridgehead atoms. The minimum atomic E-state index is 0.109. The van der Waals surface area contributed by atoms with Gasteiger partial charge in [0.15, 0.2) is 0 Å². The van der Waals surface area contributed by atoms with Crippen LogP contribution in [0.1, 0.15) is 25.3 Å². The first-order valence-corrected chi connectivity index (χ1v) is 7.55. The second-order valence-electron chi connectivity index (χ2n) is 5.23. The summed E-state index contributed by atoms with van der Waals surface area (Å²) in [5.74, 6) is 0.667. The van der Waals surface area contributed by atoms with Crippen LogP contribution in [0.4, 0.5) is 0 Å². The number of ether oxygens (including phenoxy) is 1. The molecule has 1 aromatic rings. The molecule has 0 heterocycles. The van der Waals surface area contributed by atoms with Gasteiger partial charge in [0.25, 0.3) is 0 Å². The van der Waals surface area contributed by atoms with Crippen LogP contribution in [0, 0.1) is 5.92 Å². The fraction of sp³-hybridized carbons (Fsp3) is 0.600. The lowest BCUT2D eigenvalue weighted by atomic mass is 9.92. The zero-order chi connectivity index (χ0) is 13.9. The van der Waals surface area contributed by atoms with E-state index in [1.54, 1.807) is 7.11 Å². The predicted molar refractivity (Wildman–Crippen MR) is 81.3 cm³/mol. The fourth-order valence-corrected chi connectivity index (χ4v) is 3.76. The Kier molecular flexibility index (Phi) is 5.13. The number of hydrogen-bond donors (Lipinski definition) is 1. The van der Waals surface area contributed by atoms with Gasteiger partial charge in [0.2, 0.25) is 0 Å². The van der Waals surface area contributed by atoms with E-state index in [0.29, 0.717) is 5.92 Å². The van der Waals surface area contributed by atoms with E-state index in [-0.39, 0.29) is 5.41 Å². The van der Waals surface area contributed by atoms with Gasteiger partial charge in [-0.3, -0.25) is 0 Å². The molecular weight excluding hydrogens is 281 g/mol. The number of halogens is 2. The second-order valence-corrected chi connectivity index (χ2v) is 6.05. The molecule has 1 fully saturated rings. The fourth-order valence-electron chi connectivity index (χ4n) is 2.99. The first kappa shape index (κ1) is 15.1. The Bertz CT molecular complexity index is 418. The highest BCUT2D eigenvalue weighted by atomic mass is 35.5. The number of benzene rings is 1. The molecule has 0 aromatic heterocycles. The molecule has 2 unspecified atom stereocenters. The molecule has 2 rings (SSSR count). The summed E-state index contributed by atoms with van der Waals surface area (Å²) in [6, 6.07) is 5.78. The Morgan fingerprint density at radius 1 is 1.37 bits per heavy atom. The van der Waals surface area contributed by atoms with E-state index in [2.05, 4.69) is 12.2 Å². The summed E-state index contributed by atoms with van der Waals surface area (Å²) in [6.45, 7) is 4.73. The van der Waals surface area contributed by atoms with E-state index in [1.165, 1.54) is 0 Å². The number of hydrogen-bond acceptors (Lipinski definition) is 2. The van der Waals surface area contributed by atoms with Gasteiger partial charge in [0.05, 0.1) is 6.61 Å². The molecule has 19 heavy (non-hydrogen) atoms. The third-order valence-electron chi connectivity index (χ3n) is 4.11. The van der Waals surface area contributed by atoms with Gasteiger partial charge in [-0.05, 0) is 30.0 Å². The molecule has 2 atom stereocenters. The summed E-state index contributed by atoms with van der Waals surface area (Å²) in [5.41, 5.74) is 1.23. The molecule has 0 radical (unpaired) electrons. The average molecular weight is 302 g/mol. The number of methoxy groups -OCH3 is 1. The Hall–Kier alpha value is -0.280. The van der Waals surface area contributed by atoms with Crippen molar-refractivity contribution in [2.24, 2.45) is 5.92 Å². The van der Waals surface area contributed by atoms with E-state index >= 15 is 0 Å². The zero-order valence-electron chi connectivity index (χ0n) is 11.5. The van der Waals surface area contributed by atoms with Crippen LogP contribution in [0.15, 0.2) is 18.2 Å². The SMILES string of the molecule is CCC1CC1(CNCCOC)c1c(Cl)cccc1Cl. The Morgan fingerprint density at radius 2 is 2.05 bits per heavy atom. The van der Waals surface area contributed by atoms with E-state index in [0.717, 1.165) is 48.1 Å². The Morgan fingerprint density at radius 3 is 2.58 bits per heavy atom. The Balaban J connectivity index is 2.16. The molecule has 1 aliphatic rings. The van der Waals surface area contributed by atoms with Gasteiger partial charge in [-0.1, -0.05) is 42.6 Å². The molecule has 0 amide bonds. The van der Waals surface area contributed by atoms with Gasteiger partial charge < -0.3 is 10.1 Å². The molecule has 1 aromatic carbocycles. The van der Waals surface area contributed by atoms with E-state index in [4.69, 9.17) is 27.9 Å². The van der Waals surface area contributed by atoms with Crippen LogP contribution in [0.3, 0.4) is 0 Å². The van der Waals surface area contributed by atoms with Crippen molar-refractivity contribution in [3.8, 4) is 0 Å². The van der Waals surface area contributed by atoms with Crippen molar-refractivity contribution >= 4 is 23.2 Å². The summed E-state index contributed by atoms with van der Waals surface area (Å²) in [5, 5.41) is 5.04. The van der Waals surface area contributed by atoms with Crippen molar-refractivity contribution in [3.05, 3.63) is 33.8 Å². The normalized spacial score (nSPS) is 25.6. The van der Waals surface area contributed by atoms with Gasteiger partial charge in [-0.2, -0.15) is 0 Å². The molecule has 1 saturated carbocycles. The predicted octanol–water partition coefficient (Wildman–Crippen LogP) is 3.90. The molecular formula is C15H21Cl2NO. The largest absolute Gasteiger partial charge is 0.383 e. The van der Waals surface area contributed by atoms with E-state index < -0.39 is 0 Å². The van der Waals surface area contributed by atoms with Crippen molar-refractivity contribution < 1.29 is 4.74 Å². The van der Waals surface area contributed by atoms with Crippen molar-refractivity contribution in [2.45, 2.75) is 25.2 Å². The summed E-state index contributed by atoms with van der Waals surface area (Å²) >= 11 is 12.8. The van der Waals surface area contributed by atoms with Crippen LogP contribution < -0.4 is 5.32 Å². The molecule has 0 spiro atoms. The van der Waals surface area contributed by atoms with Crippen LogP contribution >= 0.6 is 23.2 Å². The van der Waals surface area contributed by atoms with Crippen LogP contribution in [0.2, 0.25) is 10.0 Å². The van der Waals surface area contributed by atoms with E-state index in [1.807, 2.05) is 18.2 Å². The molecule has 0 aliphatic heterocycles. The van der Waals surface area contributed by atoms with Gasteiger partial charge in [-0.15, -0.1) is 0 Å². The summed E-state index contributed by atoms with van der Waals surface area (Å²) in [6.07, 6.45) is 2.32. The topological polar surface area (TPSA) is 21.3 Å². The number of rotatable bonds is 7. The van der Waals surface area contributed by atoms with Crippen LogP contribution in [-0.2, 0) is 10.2 Å². The maximum atomic E-state index is 6.38. The minimum absolute atomic E-state index is 0.109. The van der Waals surface area contributed by atoms with Crippen LogP contribution in [0.25, 0.3) is 0 Å². The third kappa shape index (κ3) is 3.08. The lowest BCUT2D eigenvalue weighted by molar-refractivity contribution is 0.198. The summed E-state index contributed by atoms with van der Waals surface area (Å²) in [4.78, 5) is 0. The highest BCUT2D eigenvalue weighted by molar-refractivity contribution is 6.36. The van der Waals surface area contributed by atoms with Crippen molar-refractivity contribution in [1.82, 2.24) is 5.32 Å². The molecule has 1 aliphatic carbocycles. The first-order valence-electron chi connectivity index (χ1n) is 6.80. The van der Waals surface area contributed by atoms with Crippen molar-refractivity contribution in [3.63, 3.8) is 0 Å². The van der Waals surface area contributed by atoms with Gasteiger partial charge in [0, 0.05) is 35.7 Å². The van der Waals surface area contributed by atoms with Crippen molar-refractivity contribution in [1.29, 1.82) is 0 Å². The zero-order valence-corrected chi connectivity index (χ0v) is 13.0. The molecule has 1 N–H and O–H groups in total. The maximum absolute atomic E-state index is 6.38. The standard InChI is InChI=1S/C15H21Cl2NO/c1-3-11-9-15(11,10-18-7-8-19-2)14-12(16)5-4-6-13(14)17/h4-6,11,18H,3,7-10H2,1-2H3. The smallest absolute Gasteiger partial charge is 0.0587 e. The summed E-state index contributed by atoms with van der Waals surface area (Å²) in [7, 11) is 1.72. The molecule has 2 nitrogen and oxygen atoms in total. The lowest BCUT2D eigenvalue weighted by Crippen LogP contribution is -2.31. The van der Waals surface area contributed by atoms with Gasteiger partial charge in [0.1, 0.15) is 0 Å². The third-order valence-corrected chi connectivity index (χ3v) is 4.74. The van der Waals surface area contributed by atoms with Crippen molar-refractivity contribution in [2.75, 3.05) is 26.8 Å². The second kappa shape index (κ2) is 6.45. The van der Waals surface area contributed by atoms with Crippen LogP contribution in [0.5, 0.6) is 0 Å².